The van der Waals surface area contributed by atoms with Crippen LogP contribution in [0.25, 0.3) is 5.69 Å². The summed E-state index contributed by atoms with van der Waals surface area (Å²) >= 11 is 0. The molecule has 0 unspecified atom stereocenters. The fourth-order valence-corrected chi connectivity index (χ4v) is 3.21. The van der Waals surface area contributed by atoms with Crippen molar-refractivity contribution in [1.29, 1.82) is 0 Å². The SMILES string of the molecule is COCCN(Cc1ccccn1)C(=O)Cc1c(C)nn(-c2ccc(F)cc2)c1C. The average molecular weight is 396 g/mol. The van der Waals surface area contributed by atoms with Crippen LogP contribution in [-0.4, -0.2) is 45.8 Å². The van der Waals surface area contributed by atoms with Crippen LogP contribution in [0, 0.1) is 19.7 Å². The summed E-state index contributed by atoms with van der Waals surface area (Å²) in [5, 5.41) is 4.56. The highest BCUT2D eigenvalue weighted by molar-refractivity contribution is 5.79. The van der Waals surface area contributed by atoms with E-state index in [0.29, 0.717) is 19.7 Å². The van der Waals surface area contributed by atoms with Gasteiger partial charge in [-0.1, -0.05) is 6.07 Å². The number of hydrogen-bond acceptors (Lipinski definition) is 4. The Hall–Kier alpha value is -3.06. The topological polar surface area (TPSA) is 60.2 Å². The van der Waals surface area contributed by atoms with Crippen molar-refractivity contribution in [3.8, 4) is 5.69 Å². The molecule has 3 aromatic rings. The zero-order chi connectivity index (χ0) is 20.8. The Bertz CT molecular complexity index is 955. The maximum Gasteiger partial charge on any atom is 0.227 e. The van der Waals surface area contributed by atoms with Gasteiger partial charge in [-0.3, -0.25) is 9.78 Å². The van der Waals surface area contributed by atoms with Crippen molar-refractivity contribution in [1.82, 2.24) is 19.7 Å². The van der Waals surface area contributed by atoms with E-state index in [2.05, 4.69) is 10.1 Å². The molecule has 0 radical (unpaired) electrons. The zero-order valence-corrected chi connectivity index (χ0v) is 16.9. The monoisotopic (exact) mass is 396 g/mol. The summed E-state index contributed by atoms with van der Waals surface area (Å²) in [6.45, 7) is 5.16. The molecule has 2 heterocycles. The number of benzene rings is 1. The number of carbonyl (C=O) groups is 1. The molecule has 29 heavy (non-hydrogen) atoms. The van der Waals surface area contributed by atoms with Crippen LogP contribution in [0.15, 0.2) is 48.7 Å². The van der Waals surface area contributed by atoms with Crippen LogP contribution >= 0.6 is 0 Å². The van der Waals surface area contributed by atoms with E-state index in [-0.39, 0.29) is 18.1 Å². The number of carbonyl (C=O) groups excluding carboxylic acids is 1. The second kappa shape index (κ2) is 9.43. The lowest BCUT2D eigenvalue weighted by molar-refractivity contribution is -0.131. The predicted molar refractivity (Wildman–Crippen MR) is 108 cm³/mol. The Morgan fingerprint density at radius 2 is 1.93 bits per heavy atom. The number of aromatic nitrogens is 3. The van der Waals surface area contributed by atoms with Gasteiger partial charge in [-0.25, -0.2) is 9.07 Å². The van der Waals surface area contributed by atoms with E-state index in [9.17, 15) is 9.18 Å². The van der Waals surface area contributed by atoms with E-state index in [1.807, 2.05) is 32.0 Å². The van der Waals surface area contributed by atoms with Gasteiger partial charge in [0.1, 0.15) is 5.82 Å². The second-order valence-electron chi connectivity index (χ2n) is 6.84. The van der Waals surface area contributed by atoms with Gasteiger partial charge in [0.15, 0.2) is 0 Å². The number of methoxy groups -OCH3 is 1. The van der Waals surface area contributed by atoms with Gasteiger partial charge in [-0.2, -0.15) is 5.10 Å². The predicted octanol–water partition coefficient (Wildman–Crippen LogP) is 3.24. The van der Waals surface area contributed by atoms with Crippen LogP contribution in [-0.2, 0) is 22.5 Å². The van der Waals surface area contributed by atoms with Gasteiger partial charge in [-0.15, -0.1) is 0 Å². The summed E-state index contributed by atoms with van der Waals surface area (Å²) in [6.07, 6.45) is 1.95. The van der Waals surface area contributed by atoms with E-state index in [4.69, 9.17) is 4.74 Å². The number of aryl methyl sites for hydroxylation is 1. The summed E-state index contributed by atoms with van der Waals surface area (Å²) in [7, 11) is 1.62. The van der Waals surface area contributed by atoms with Crippen LogP contribution in [0.2, 0.25) is 0 Å². The first-order chi connectivity index (χ1) is 14.0. The largest absolute Gasteiger partial charge is 0.383 e. The van der Waals surface area contributed by atoms with Gasteiger partial charge in [0.25, 0.3) is 0 Å². The molecule has 0 saturated carbocycles. The quantitative estimate of drug-likeness (QED) is 0.587. The maximum absolute atomic E-state index is 13.2. The van der Waals surface area contributed by atoms with Crippen molar-refractivity contribution >= 4 is 5.91 Å². The lowest BCUT2D eigenvalue weighted by Gasteiger charge is -2.22. The Morgan fingerprint density at radius 1 is 1.17 bits per heavy atom. The first-order valence-electron chi connectivity index (χ1n) is 9.47. The fourth-order valence-electron chi connectivity index (χ4n) is 3.21. The van der Waals surface area contributed by atoms with Gasteiger partial charge in [0.2, 0.25) is 5.91 Å². The molecule has 0 aliphatic rings. The molecule has 0 N–H and O–H groups in total. The molecule has 1 aromatic carbocycles. The molecular formula is C22H25FN4O2. The number of pyridine rings is 1. The minimum absolute atomic E-state index is 0.0161. The van der Waals surface area contributed by atoms with Crippen molar-refractivity contribution in [3.05, 3.63) is 77.1 Å². The highest BCUT2D eigenvalue weighted by atomic mass is 19.1. The van der Waals surface area contributed by atoms with Crippen molar-refractivity contribution in [3.63, 3.8) is 0 Å². The lowest BCUT2D eigenvalue weighted by atomic mass is 10.1. The van der Waals surface area contributed by atoms with Crippen molar-refractivity contribution < 1.29 is 13.9 Å². The molecule has 0 saturated heterocycles. The van der Waals surface area contributed by atoms with E-state index in [1.165, 1.54) is 12.1 Å². The third-order valence-electron chi connectivity index (χ3n) is 4.84. The van der Waals surface area contributed by atoms with Gasteiger partial charge < -0.3 is 9.64 Å². The summed E-state index contributed by atoms with van der Waals surface area (Å²) in [5.41, 5.74) is 4.11. The second-order valence-corrected chi connectivity index (χ2v) is 6.84. The molecule has 152 valence electrons. The molecule has 6 nitrogen and oxygen atoms in total. The highest BCUT2D eigenvalue weighted by Crippen LogP contribution is 2.20. The number of amides is 1. The molecule has 0 aliphatic heterocycles. The lowest BCUT2D eigenvalue weighted by Crippen LogP contribution is -2.35. The summed E-state index contributed by atoms with van der Waals surface area (Å²) in [6, 6.07) is 11.8. The molecule has 1 amide bonds. The molecule has 2 aromatic heterocycles. The zero-order valence-electron chi connectivity index (χ0n) is 16.9. The van der Waals surface area contributed by atoms with Gasteiger partial charge in [0, 0.05) is 31.1 Å². The first kappa shape index (κ1) is 20.7. The maximum atomic E-state index is 13.2. The van der Waals surface area contributed by atoms with E-state index in [1.54, 1.807) is 35.0 Å². The van der Waals surface area contributed by atoms with Crippen molar-refractivity contribution in [2.45, 2.75) is 26.8 Å². The minimum atomic E-state index is -0.297. The smallest absolute Gasteiger partial charge is 0.227 e. The van der Waals surface area contributed by atoms with Crippen LogP contribution in [0.5, 0.6) is 0 Å². The van der Waals surface area contributed by atoms with E-state index < -0.39 is 0 Å². The molecule has 0 fully saturated rings. The van der Waals surface area contributed by atoms with Gasteiger partial charge >= 0.3 is 0 Å². The Labute approximate surface area is 169 Å². The molecule has 7 heteroatoms. The van der Waals surface area contributed by atoms with Gasteiger partial charge in [0.05, 0.1) is 36.6 Å². The number of nitrogens with zero attached hydrogens (tertiary/aromatic N) is 4. The molecule has 0 atom stereocenters. The number of hydrogen-bond donors (Lipinski definition) is 0. The van der Waals surface area contributed by atoms with Crippen molar-refractivity contribution in [2.75, 3.05) is 20.3 Å². The number of rotatable bonds is 8. The molecule has 0 spiro atoms. The Balaban J connectivity index is 1.81. The molecule has 3 rings (SSSR count). The summed E-state index contributed by atoms with van der Waals surface area (Å²) < 4.78 is 20.1. The number of halogens is 1. The van der Waals surface area contributed by atoms with Crippen LogP contribution in [0.1, 0.15) is 22.6 Å². The summed E-state index contributed by atoms with van der Waals surface area (Å²) in [5.74, 6) is -0.313. The summed E-state index contributed by atoms with van der Waals surface area (Å²) in [4.78, 5) is 19.1. The Morgan fingerprint density at radius 3 is 2.59 bits per heavy atom. The molecule has 0 aliphatic carbocycles. The van der Waals surface area contributed by atoms with E-state index >= 15 is 0 Å². The van der Waals surface area contributed by atoms with Gasteiger partial charge in [-0.05, 0) is 50.2 Å². The Kier molecular flexibility index (Phi) is 6.72. The molecular weight excluding hydrogens is 371 g/mol. The number of ether oxygens (including phenoxy) is 1. The van der Waals surface area contributed by atoms with Crippen molar-refractivity contribution in [2.24, 2.45) is 0 Å². The van der Waals surface area contributed by atoms with Crippen LogP contribution < -0.4 is 0 Å². The molecule has 0 bridgehead atoms. The first-order valence-corrected chi connectivity index (χ1v) is 9.47. The minimum Gasteiger partial charge on any atom is -0.383 e. The van der Waals surface area contributed by atoms with Crippen LogP contribution in [0.3, 0.4) is 0 Å². The fraction of sp³-hybridized carbons (Fsp3) is 0.318. The highest BCUT2D eigenvalue weighted by Gasteiger charge is 2.20. The average Bonchev–Trinajstić information content (AvgIpc) is 3.00. The standard InChI is InChI=1S/C22H25FN4O2/c1-16-21(17(2)27(25-16)20-9-7-18(23)8-10-20)14-22(28)26(12-13-29-3)15-19-6-4-5-11-24-19/h4-11H,12-15H2,1-3H3. The third kappa shape index (κ3) is 5.06. The van der Waals surface area contributed by atoms with Crippen LogP contribution in [0.4, 0.5) is 4.39 Å². The van der Waals surface area contributed by atoms with E-state index in [0.717, 1.165) is 28.3 Å². The normalized spacial score (nSPS) is 10.9. The third-order valence-corrected chi connectivity index (χ3v) is 4.84.